The number of carbonyl (C=O) groups excluding carboxylic acids is 3. The van der Waals surface area contributed by atoms with Crippen molar-refractivity contribution in [1.29, 1.82) is 0 Å². The number of carbonyl (C=O) groups is 3. The molecule has 0 heterocycles. The fourth-order valence-corrected chi connectivity index (χ4v) is 2.70. The van der Waals surface area contributed by atoms with E-state index >= 15 is 0 Å². The zero-order valence-electron chi connectivity index (χ0n) is 22.4. The molecule has 0 N–H and O–H groups in total. The van der Waals surface area contributed by atoms with E-state index in [0.717, 1.165) is 19.3 Å². The molecule has 9 nitrogen and oxygen atoms in total. The molecule has 0 amide bonds. The summed E-state index contributed by atoms with van der Waals surface area (Å²) in [5, 5.41) is -0.139. The number of hydrogen-bond donors (Lipinski definition) is 1. The van der Waals surface area contributed by atoms with Crippen molar-refractivity contribution in [3.63, 3.8) is 0 Å². The fourth-order valence-electron chi connectivity index (χ4n) is 2.35. The van der Waals surface area contributed by atoms with Crippen LogP contribution in [0, 0.1) is 35.5 Å². The number of hydrogen-bond acceptors (Lipinski definition) is 9. The SMILES string of the molecule is CC#CC#CC#CC(=O)OC[C@H](COP(=O)([O-])[O-])OC(=O)CCCCCCCCCC.CC(=O)S.[HH].[HH].[HH].[HH].[HH].[Na+].[Na+]. The first kappa shape index (κ1) is 43.8. The van der Waals surface area contributed by atoms with Crippen LogP contribution in [0.15, 0.2) is 0 Å². The summed E-state index contributed by atoms with van der Waals surface area (Å²) in [5.41, 5.74) is 0. The third-order valence-corrected chi connectivity index (χ3v) is 4.29. The van der Waals surface area contributed by atoms with Crippen molar-refractivity contribution in [1.82, 2.24) is 0 Å². The van der Waals surface area contributed by atoms with E-state index in [1.165, 1.54) is 32.6 Å². The number of phosphoric ester groups is 1. The van der Waals surface area contributed by atoms with Gasteiger partial charge in [-0.15, -0.1) is 12.6 Å². The molecule has 0 aliphatic carbocycles. The summed E-state index contributed by atoms with van der Waals surface area (Å²) in [6, 6.07) is 0. The Labute approximate surface area is 278 Å². The molecule has 0 radical (unpaired) electrons. The molecular weight excluding hydrogens is 541 g/mol. The molecule has 1 atom stereocenters. The Morgan fingerprint density at radius 2 is 1.43 bits per heavy atom. The average molecular weight is 585 g/mol. The minimum atomic E-state index is -5.27. The van der Waals surface area contributed by atoms with Gasteiger partial charge in [0.2, 0.25) is 0 Å². The normalized spacial score (nSPS) is 9.89. The van der Waals surface area contributed by atoms with Gasteiger partial charge in [0.25, 0.3) is 0 Å². The Kier molecular flexibility index (Phi) is 35.9. The third-order valence-electron chi connectivity index (χ3n) is 3.83. The van der Waals surface area contributed by atoms with Crippen LogP contribution < -0.4 is 68.9 Å². The van der Waals surface area contributed by atoms with Crippen molar-refractivity contribution in [3.05, 3.63) is 0 Å². The number of unbranched alkanes of at least 4 members (excludes halogenated alkanes) is 7. The van der Waals surface area contributed by atoms with Gasteiger partial charge in [-0.3, -0.25) is 9.59 Å². The zero-order valence-corrected chi connectivity index (χ0v) is 28.2. The number of rotatable bonds is 15. The van der Waals surface area contributed by atoms with E-state index in [1.807, 2.05) is 0 Å². The molecule has 37 heavy (non-hydrogen) atoms. The molecule has 0 fully saturated rings. The Morgan fingerprint density at radius 3 is 1.95 bits per heavy atom. The topological polar surface area (TPSA) is 142 Å². The average Bonchev–Trinajstić information content (AvgIpc) is 2.76. The molecule has 0 rings (SSSR count). The summed E-state index contributed by atoms with van der Waals surface area (Å²) < 4.78 is 24.7. The maximum Gasteiger partial charge on any atom is 1.00 e. The standard InChI is InChI=1S/C22H31O8P.C2H4OS.2Na.5H2/c1-3-5-7-9-10-11-13-15-17-22(24)30-20(19-29-31(25,26)27)18-28-21(23)16-14-12-8-6-4-2;1-2(3)4;;;;;;;/h20H,3,5,7,9-11,13,15,17-19H2,1-2H3,(H2,25,26,27);1H3,(H,3,4);;;5*1H/q;;2*+1;;;;;/p-2/t20-;;;;;;;;/m1......../s1. The first-order valence-electron chi connectivity index (χ1n) is 11.2. The van der Waals surface area contributed by atoms with Crippen molar-refractivity contribution in [2.24, 2.45) is 0 Å². The van der Waals surface area contributed by atoms with E-state index in [9.17, 15) is 28.7 Å². The first-order chi connectivity index (χ1) is 16.5. The summed E-state index contributed by atoms with van der Waals surface area (Å²) in [7, 11) is -5.27. The zero-order chi connectivity index (χ0) is 27.0. The molecule has 0 aromatic carbocycles. The van der Waals surface area contributed by atoms with Gasteiger partial charge in [0, 0.05) is 26.4 Å². The Hall–Kier alpha value is -0.250. The van der Waals surface area contributed by atoms with Crippen LogP contribution in [-0.4, -0.2) is 36.4 Å². The minimum Gasteiger partial charge on any atom is -0.790 e. The maximum absolute atomic E-state index is 12.0. The Bertz CT molecular complexity index is 892. The predicted molar refractivity (Wildman–Crippen MR) is 141 cm³/mol. The van der Waals surface area contributed by atoms with Crippen molar-refractivity contribution in [2.75, 3.05) is 13.2 Å². The number of phosphoric acid groups is 1. The maximum atomic E-state index is 12.0. The van der Waals surface area contributed by atoms with Crippen LogP contribution in [0.4, 0.5) is 0 Å². The second-order valence-electron chi connectivity index (χ2n) is 7.07. The van der Waals surface area contributed by atoms with Crippen molar-refractivity contribution in [3.8, 4) is 35.5 Å². The molecule has 0 aromatic heterocycles. The molecular formula is C24H43Na2O9PS. The number of ether oxygens (including phenoxy) is 2. The molecule has 206 valence electrons. The summed E-state index contributed by atoms with van der Waals surface area (Å²) in [6.07, 6.45) is 7.29. The Morgan fingerprint density at radius 1 is 0.919 bits per heavy atom. The summed E-state index contributed by atoms with van der Waals surface area (Å²) in [5.74, 6) is 12.4. The van der Waals surface area contributed by atoms with Gasteiger partial charge in [0.1, 0.15) is 6.61 Å². The quantitative estimate of drug-likeness (QED) is 0.0422. The van der Waals surface area contributed by atoms with Crippen LogP contribution in [0.25, 0.3) is 0 Å². The van der Waals surface area contributed by atoms with E-state index in [2.05, 4.69) is 59.6 Å². The summed E-state index contributed by atoms with van der Waals surface area (Å²) in [4.78, 5) is 54.2. The Balaban J connectivity index is -0.000000132. The van der Waals surface area contributed by atoms with Crippen LogP contribution in [0.3, 0.4) is 0 Å². The van der Waals surface area contributed by atoms with E-state index in [0.29, 0.717) is 6.42 Å². The van der Waals surface area contributed by atoms with Gasteiger partial charge in [0.15, 0.2) is 11.2 Å². The summed E-state index contributed by atoms with van der Waals surface area (Å²) in [6.45, 7) is 3.88. The van der Waals surface area contributed by atoms with E-state index in [-0.39, 0.29) is 77.8 Å². The third kappa shape index (κ3) is 40.4. The van der Waals surface area contributed by atoms with Gasteiger partial charge in [0.05, 0.1) is 14.4 Å². The van der Waals surface area contributed by atoms with Gasteiger partial charge in [-0.1, -0.05) is 57.8 Å². The van der Waals surface area contributed by atoms with Crippen LogP contribution in [-0.2, 0) is 32.9 Å². The van der Waals surface area contributed by atoms with Crippen molar-refractivity contribution in [2.45, 2.75) is 84.7 Å². The van der Waals surface area contributed by atoms with Gasteiger partial charge < -0.3 is 28.3 Å². The molecule has 0 aromatic rings. The van der Waals surface area contributed by atoms with E-state index in [1.54, 1.807) is 6.92 Å². The molecule has 0 unspecified atom stereocenters. The predicted octanol–water partition coefficient (Wildman–Crippen LogP) is -2.45. The molecule has 0 saturated heterocycles. The first-order valence-corrected chi connectivity index (χ1v) is 13.1. The van der Waals surface area contributed by atoms with Crippen molar-refractivity contribution < 1.29 is 109 Å². The van der Waals surface area contributed by atoms with E-state index in [4.69, 9.17) is 9.47 Å². The van der Waals surface area contributed by atoms with Crippen LogP contribution >= 0.6 is 20.5 Å². The van der Waals surface area contributed by atoms with Gasteiger partial charge in [-0.25, -0.2) is 4.79 Å². The second-order valence-corrected chi connectivity index (χ2v) is 8.85. The molecule has 0 bridgehead atoms. The number of thiol groups is 1. The largest absolute Gasteiger partial charge is 1.00 e. The van der Waals surface area contributed by atoms with Crippen LogP contribution in [0.2, 0.25) is 0 Å². The van der Waals surface area contributed by atoms with Gasteiger partial charge in [-0.05, 0) is 37.0 Å². The molecule has 0 saturated carbocycles. The molecule has 13 heteroatoms. The summed E-state index contributed by atoms with van der Waals surface area (Å²) >= 11 is 3.33. The van der Waals surface area contributed by atoms with Crippen LogP contribution in [0.1, 0.15) is 85.7 Å². The van der Waals surface area contributed by atoms with Crippen molar-refractivity contribution >= 4 is 37.5 Å². The van der Waals surface area contributed by atoms with Gasteiger partial charge >= 0.3 is 71.1 Å². The number of esters is 2. The second kappa shape index (κ2) is 30.3. The van der Waals surface area contributed by atoms with Crippen LogP contribution in [0.5, 0.6) is 0 Å². The smallest absolute Gasteiger partial charge is 0.790 e. The minimum absolute atomic E-state index is 0. The molecule has 0 aliphatic rings. The molecule has 0 aliphatic heterocycles. The monoisotopic (exact) mass is 584 g/mol. The van der Waals surface area contributed by atoms with E-state index < -0.39 is 39.1 Å². The van der Waals surface area contributed by atoms with Gasteiger partial charge in [-0.2, -0.15) is 0 Å². The fraction of sp³-hybridized carbons (Fsp3) is 0.625. The molecule has 0 spiro atoms.